The van der Waals surface area contributed by atoms with E-state index in [2.05, 4.69) is 38.1 Å². The Morgan fingerprint density at radius 1 is 1.10 bits per heavy atom. The molecule has 29 heavy (non-hydrogen) atoms. The van der Waals surface area contributed by atoms with Crippen molar-refractivity contribution in [1.29, 1.82) is 0 Å². The Morgan fingerprint density at radius 3 is 2.76 bits per heavy atom. The van der Waals surface area contributed by atoms with Crippen molar-refractivity contribution >= 4 is 5.71 Å². The number of rotatable bonds is 4. The summed E-state index contributed by atoms with van der Waals surface area (Å²) >= 11 is 0. The number of hydrogen-bond acceptors (Lipinski definition) is 5. The van der Waals surface area contributed by atoms with Crippen molar-refractivity contribution in [3.8, 4) is 11.5 Å². The van der Waals surface area contributed by atoms with Crippen molar-refractivity contribution < 1.29 is 13.9 Å². The zero-order chi connectivity index (χ0) is 20.0. The first-order valence-electron chi connectivity index (χ1n) is 10.0. The van der Waals surface area contributed by atoms with Crippen LogP contribution in [0.3, 0.4) is 0 Å². The molecule has 2 atom stereocenters. The Labute approximate surface area is 170 Å². The molecule has 0 saturated heterocycles. The Balaban J connectivity index is 1.60. The van der Waals surface area contributed by atoms with E-state index >= 15 is 0 Å². The van der Waals surface area contributed by atoms with Crippen LogP contribution in [0.4, 0.5) is 0 Å². The first kappa shape index (κ1) is 17.9. The molecular formula is C24H24N2O3. The van der Waals surface area contributed by atoms with E-state index in [-0.39, 0.29) is 6.04 Å². The Hall–Kier alpha value is -3.21. The molecule has 5 rings (SSSR count). The summed E-state index contributed by atoms with van der Waals surface area (Å²) in [6, 6.07) is 16.5. The molecule has 0 spiro atoms. The smallest absolute Gasteiger partial charge is 0.246 e. The fraction of sp³-hybridized carbons (Fsp3) is 0.292. The zero-order valence-corrected chi connectivity index (χ0v) is 16.9. The number of fused-ring (bicyclic) bond motifs is 3. The van der Waals surface area contributed by atoms with Gasteiger partial charge in [-0.15, -0.1) is 0 Å². The van der Waals surface area contributed by atoms with Crippen molar-refractivity contribution in [2.24, 2.45) is 5.10 Å². The van der Waals surface area contributed by atoms with Gasteiger partial charge in [0.05, 0.1) is 24.6 Å². The highest BCUT2D eigenvalue weighted by Gasteiger charge is 2.43. The highest BCUT2D eigenvalue weighted by molar-refractivity contribution is 6.02. The highest BCUT2D eigenvalue weighted by Crippen LogP contribution is 2.50. The molecular weight excluding hydrogens is 364 g/mol. The lowest BCUT2D eigenvalue weighted by Gasteiger charge is -2.37. The minimum Gasteiger partial charge on any atom is -0.490 e. The van der Waals surface area contributed by atoms with Crippen LogP contribution in [0.1, 0.15) is 53.6 Å². The lowest BCUT2D eigenvalue weighted by atomic mass is 9.95. The van der Waals surface area contributed by atoms with Gasteiger partial charge < -0.3 is 13.9 Å². The van der Waals surface area contributed by atoms with Crippen molar-refractivity contribution in [3.63, 3.8) is 0 Å². The van der Waals surface area contributed by atoms with Crippen LogP contribution in [0.2, 0.25) is 0 Å². The Kier molecular flexibility index (Phi) is 4.31. The van der Waals surface area contributed by atoms with Gasteiger partial charge in [0, 0.05) is 12.0 Å². The zero-order valence-electron chi connectivity index (χ0n) is 16.9. The molecule has 2 aliphatic rings. The van der Waals surface area contributed by atoms with Crippen LogP contribution in [-0.4, -0.2) is 17.3 Å². The SMILES string of the molecule is CCOc1cccc2c1O[C@@H](c1ccco1)N1N=C(c3ccc(C)c(C)c3)C[C@H]21. The predicted molar refractivity (Wildman–Crippen MR) is 111 cm³/mol. The van der Waals surface area contributed by atoms with E-state index < -0.39 is 6.23 Å². The molecule has 1 aromatic heterocycles. The molecule has 0 aliphatic carbocycles. The van der Waals surface area contributed by atoms with Gasteiger partial charge in [-0.25, -0.2) is 5.01 Å². The molecule has 0 bridgehead atoms. The number of aryl methyl sites for hydroxylation is 2. The Bertz CT molecular complexity index is 1070. The summed E-state index contributed by atoms with van der Waals surface area (Å²) in [6.07, 6.45) is 2.06. The van der Waals surface area contributed by atoms with Crippen molar-refractivity contribution in [3.05, 3.63) is 82.8 Å². The molecule has 0 fully saturated rings. The summed E-state index contributed by atoms with van der Waals surface area (Å²) in [4.78, 5) is 0. The summed E-state index contributed by atoms with van der Waals surface area (Å²) in [6.45, 7) is 6.84. The molecule has 2 aromatic carbocycles. The maximum absolute atomic E-state index is 6.40. The van der Waals surface area contributed by atoms with Gasteiger partial charge in [-0.05, 0) is 61.7 Å². The summed E-state index contributed by atoms with van der Waals surface area (Å²) < 4.78 is 17.9. The standard InChI is InChI=1S/C24H24N2O3/c1-4-27-21-8-5-7-18-20-14-19(17-11-10-15(2)16(3)13-17)25-26(20)24(29-23(18)21)22-9-6-12-28-22/h5-13,20,24H,4,14H2,1-3H3/t20-,24+/m1/s1. The maximum atomic E-state index is 6.40. The lowest BCUT2D eigenvalue weighted by Crippen LogP contribution is -2.33. The molecule has 5 nitrogen and oxygen atoms in total. The molecule has 2 aliphatic heterocycles. The minimum atomic E-state index is -0.423. The maximum Gasteiger partial charge on any atom is 0.246 e. The van der Waals surface area contributed by atoms with Gasteiger partial charge in [0.1, 0.15) is 0 Å². The van der Waals surface area contributed by atoms with Crippen LogP contribution in [-0.2, 0) is 0 Å². The van der Waals surface area contributed by atoms with Gasteiger partial charge in [-0.3, -0.25) is 0 Å². The van der Waals surface area contributed by atoms with Gasteiger partial charge in [0.2, 0.25) is 6.23 Å². The molecule has 0 amide bonds. The van der Waals surface area contributed by atoms with E-state index in [1.807, 2.05) is 36.2 Å². The fourth-order valence-electron chi connectivity index (χ4n) is 4.07. The fourth-order valence-corrected chi connectivity index (χ4v) is 4.07. The van der Waals surface area contributed by atoms with Gasteiger partial charge in [0.25, 0.3) is 0 Å². The summed E-state index contributed by atoms with van der Waals surface area (Å²) in [7, 11) is 0. The van der Waals surface area contributed by atoms with E-state index in [1.165, 1.54) is 11.1 Å². The number of nitrogens with zero attached hydrogens (tertiary/aromatic N) is 2. The van der Waals surface area contributed by atoms with Gasteiger partial charge in [-0.1, -0.05) is 24.3 Å². The van der Waals surface area contributed by atoms with Crippen LogP contribution in [0, 0.1) is 13.8 Å². The summed E-state index contributed by atoms with van der Waals surface area (Å²) in [5.41, 5.74) is 5.87. The third kappa shape index (κ3) is 2.97. The number of ether oxygens (including phenoxy) is 2. The van der Waals surface area contributed by atoms with Crippen LogP contribution in [0.15, 0.2) is 64.3 Å². The minimum absolute atomic E-state index is 0.0749. The third-order valence-electron chi connectivity index (χ3n) is 5.71. The first-order chi connectivity index (χ1) is 14.2. The molecule has 0 unspecified atom stereocenters. The van der Waals surface area contributed by atoms with E-state index in [9.17, 15) is 0 Å². The number of para-hydroxylation sites is 1. The van der Waals surface area contributed by atoms with Crippen LogP contribution in [0.5, 0.6) is 11.5 Å². The average Bonchev–Trinajstić information content (AvgIpc) is 3.40. The quantitative estimate of drug-likeness (QED) is 0.589. The topological polar surface area (TPSA) is 47.2 Å². The van der Waals surface area contributed by atoms with Crippen LogP contribution < -0.4 is 9.47 Å². The lowest BCUT2D eigenvalue weighted by molar-refractivity contribution is -0.0344. The Morgan fingerprint density at radius 2 is 2.00 bits per heavy atom. The molecule has 0 radical (unpaired) electrons. The molecule has 148 valence electrons. The van der Waals surface area contributed by atoms with E-state index in [1.54, 1.807) is 6.26 Å². The third-order valence-corrected chi connectivity index (χ3v) is 5.71. The number of hydrazone groups is 1. The van der Waals surface area contributed by atoms with Crippen molar-refractivity contribution in [1.82, 2.24) is 5.01 Å². The summed E-state index contributed by atoms with van der Waals surface area (Å²) in [5, 5.41) is 7.02. The van der Waals surface area contributed by atoms with Crippen molar-refractivity contribution in [2.75, 3.05) is 6.61 Å². The molecule has 3 heterocycles. The van der Waals surface area contributed by atoms with E-state index in [0.717, 1.165) is 40.5 Å². The highest BCUT2D eigenvalue weighted by atomic mass is 16.5. The largest absolute Gasteiger partial charge is 0.490 e. The number of hydrogen-bond donors (Lipinski definition) is 0. The number of furan rings is 1. The van der Waals surface area contributed by atoms with E-state index in [4.69, 9.17) is 19.0 Å². The molecule has 0 N–H and O–H groups in total. The second-order valence-corrected chi connectivity index (χ2v) is 7.54. The van der Waals surface area contributed by atoms with Crippen LogP contribution in [0.25, 0.3) is 0 Å². The second kappa shape index (κ2) is 6.99. The van der Waals surface area contributed by atoms with Gasteiger partial charge >= 0.3 is 0 Å². The molecule has 0 saturated carbocycles. The van der Waals surface area contributed by atoms with E-state index in [0.29, 0.717) is 6.61 Å². The van der Waals surface area contributed by atoms with Gasteiger partial charge in [0.15, 0.2) is 17.3 Å². The first-order valence-corrected chi connectivity index (χ1v) is 10.0. The normalized spacial score (nSPS) is 20.0. The predicted octanol–water partition coefficient (Wildman–Crippen LogP) is 5.54. The van der Waals surface area contributed by atoms with Crippen molar-refractivity contribution in [2.45, 2.75) is 39.5 Å². The molecule has 3 aromatic rings. The average molecular weight is 388 g/mol. The van der Waals surface area contributed by atoms with Crippen LogP contribution >= 0.6 is 0 Å². The summed E-state index contributed by atoms with van der Waals surface area (Å²) in [5.74, 6) is 2.28. The monoisotopic (exact) mass is 388 g/mol. The van der Waals surface area contributed by atoms with Gasteiger partial charge in [-0.2, -0.15) is 5.10 Å². The molecule has 5 heteroatoms. The number of benzene rings is 2. The second-order valence-electron chi connectivity index (χ2n) is 7.54.